The number of aliphatic carboxylic acids is 1. The minimum atomic E-state index is -1.05. The number of rotatable bonds is 6. The lowest BCUT2D eigenvalue weighted by Crippen LogP contribution is -2.43. The predicted octanol–water partition coefficient (Wildman–Crippen LogP) is 0.0240. The van der Waals surface area contributed by atoms with Crippen molar-refractivity contribution in [3.05, 3.63) is 12.7 Å². The second kappa shape index (κ2) is 6.37. The molecule has 9 nitrogen and oxygen atoms in total. The first-order valence-corrected chi connectivity index (χ1v) is 6.82. The van der Waals surface area contributed by atoms with E-state index in [1.54, 1.807) is 0 Å². The number of anilines is 1. The minimum absolute atomic E-state index is 0.0885. The number of nitrogen functional groups attached to an aromatic ring is 1. The van der Waals surface area contributed by atoms with E-state index in [1.165, 1.54) is 17.2 Å². The number of hydrogen-bond donors (Lipinski definition) is 3. The lowest BCUT2D eigenvalue weighted by Gasteiger charge is -2.16. The summed E-state index contributed by atoms with van der Waals surface area (Å²) in [6.07, 6.45) is 3.07. The maximum atomic E-state index is 12.0. The molecule has 2 heterocycles. The average Bonchev–Trinajstić information content (AvgIpc) is 2.82. The smallest absolute Gasteiger partial charge is 0.326 e. The number of carbonyl (C=O) groups excluding carboxylic acids is 1. The average molecular weight is 306 g/mol. The van der Waals surface area contributed by atoms with Gasteiger partial charge in [0.2, 0.25) is 5.91 Å². The van der Waals surface area contributed by atoms with Crippen LogP contribution in [0.25, 0.3) is 11.2 Å². The van der Waals surface area contributed by atoms with E-state index in [4.69, 9.17) is 10.8 Å². The van der Waals surface area contributed by atoms with Crippen LogP contribution in [0.4, 0.5) is 5.82 Å². The summed E-state index contributed by atoms with van der Waals surface area (Å²) in [4.78, 5) is 35.1. The molecule has 9 heteroatoms. The van der Waals surface area contributed by atoms with E-state index in [0.717, 1.165) is 0 Å². The van der Waals surface area contributed by atoms with Crippen molar-refractivity contribution in [2.45, 2.75) is 32.9 Å². The fourth-order valence-electron chi connectivity index (χ4n) is 2.10. The third-order valence-electron chi connectivity index (χ3n) is 3.08. The summed E-state index contributed by atoms with van der Waals surface area (Å²) in [6.45, 7) is 3.70. The van der Waals surface area contributed by atoms with Crippen molar-refractivity contribution >= 4 is 28.9 Å². The molecule has 0 aliphatic rings. The first kappa shape index (κ1) is 15.7. The molecule has 22 heavy (non-hydrogen) atoms. The van der Waals surface area contributed by atoms with Gasteiger partial charge in [-0.1, -0.05) is 13.8 Å². The first-order valence-electron chi connectivity index (χ1n) is 6.82. The Labute approximate surface area is 126 Å². The third-order valence-corrected chi connectivity index (χ3v) is 3.08. The van der Waals surface area contributed by atoms with E-state index in [-0.39, 0.29) is 18.3 Å². The van der Waals surface area contributed by atoms with E-state index in [9.17, 15) is 9.59 Å². The number of aromatic nitrogens is 4. The Balaban J connectivity index is 2.10. The summed E-state index contributed by atoms with van der Waals surface area (Å²) in [7, 11) is 0. The van der Waals surface area contributed by atoms with Crippen LogP contribution in [0.2, 0.25) is 0 Å². The second-order valence-electron chi connectivity index (χ2n) is 5.39. The van der Waals surface area contributed by atoms with Crippen molar-refractivity contribution in [2.75, 3.05) is 5.73 Å². The fraction of sp³-hybridized carbons (Fsp3) is 0.462. The van der Waals surface area contributed by atoms with Gasteiger partial charge < -0.3 is 20.7 Å². The largest absolute Gasteiger partial charge is 0.480 e. The monoisotopic (exact) mass is 306 g/mol. The molecule has 0 bridgehead atoms. The highest BCUT2D eigenvalue weighted by Gasteiger charge is 2.21. The van der Waals surface area contributed by atoms with Crippen LogP contribution in [-0.2, 0) is 16.1 Å². The molecule has 2 rings (SSSR count). The Morgan fingerprint density at radius 3 is 2.73 bits per heavy atom. The van der Waals surface area contributed by atoms with Gasteiger partial charge in [-0.2, -0.15) is 0 Å². The van der Waals surface area contributed by atoms with Crippen LogP contribution >= 0.6 is 0 Å². The number of imidazole rings is 1. The molecule has 4 N–H and O–H groups in total. The number of carboxylic acids is 1. The summed E-state index contributed by atoms with van der Waals surface area (Å²) in [5, 5.41) is 11.6. The molecule has 0 unspecified atom stereocenters. The molecule has 0 spiro atoms. The molecule has 0 aliphatic heterocycles. The number of nitrogens with zero attached hydrogens (tertiary/aromatic N) is 4. The molecule has 0 aliphatic carbocycles. The molecular formula is C13H18N6O3. The van der Waals surface area contributed by atoms with Gasteiger partial charge in [0.05, 0.1) is 6.33 Å². The highest BCUT2D eigenvalue weighted by atomic mass is 16.4. The summed E-state index contributed by atoms with van der Waals surface area (Å²) >= 11 is 0. The molecule has 1 amide bonds. The van der Waals surface area contributed by atoms with Crippen LogP contribution in [0.3, 0.4) is 0 Å². The van der Waals surface area contributed by atoms with Gasteiger partial charge in [0.1, 0.15) is 24.4 Å². The van der Waals surface area contributed by atoms with Gasteiger partial charge in [0.25, 0.3) is 0 Å². The lowest BCUT2D eigenvalue weighted by molar-refractivity contribution is -0.142. The molecule has 118 valence electrons. The number of fused-ring (bicyclic) bond motifs is 1. The molecule has 0 saturated carbocycles. The maximum Gasteiger partial charge on any atom is 0.326 e. The molecule has 1 atom stereocenters. The van der Waals surface area contributed by atoms with Crippen molar-refractivity contribution in [3.8, 4) is 0 Å². The zero-order chi connectivity index (χ0) is 16.3. The van der Waals surface area contributed by atoms with E-state index in [1.807, 2.05) is 13.8 Å². The number of carboxylic acid groups (broad SMARTS) is 1. The predicted molar refractivity (Wildman–Crippen MR) is 78.8 cm³/mol. The molecule has 2 aromatic rings. The molecule has 2 aromatic heterocycles. The Bertz CT molecular complexity index is 696. The number of hydrogen-bond acceptors (Lipinski definition) is 6. The quantitative estimate of drug-likeness (QED) is 0.684. The first-order chi connectivity index (χ1) is 10.4. The molecule has 0 saturated heterocycles. The standard InChI is InChI=1S/C13H18N6O3/c1-7(2)3-8(13(21)22)18-9(20)4-19-6-17-10-11(14)15-5-16-12(10)19/h5-8H,3-4H2,1-2H3,(H,18,20)(H,21,22)(H2,14,15,16)/t8-/m1/s1. The van der Waals surface area contributed by atoms with Gasteiger partial charge in [-0.15, -0.1) is 0 Å². The van der Waals surface area contributed by atoms with Gasteiger partial charge >= 0.3 is 5.97 Å². The number of carbonyl (C=O) groups is 2. The summed E-state index contributed by atoms with van der Waals surface area (Å²) in [5.74, 6) is -1.09. The number of nitrogens with two attached hydrogens (primary N) is 1. The van der Waals surface area contributed by atoms with E-state index < -0.39 is 17.9 Å². The molecule has 0 fully saturated rings. The molecule has 0 radical (unpaired) electrons. The van der Waals surface area contributed by atoms with Crippen LogP contribution in [0.15, 0.2) is 12.7 Å². The Morgan fingerprint density at radius 2 is 2.09 bits per heavy atom. The van der Waals surface area contributed by atoms with E-state index >= 15 is 0 Å². The SMILES string of the molecule is CC(C)C[C@@H](NC(=O)Cn1cnc2c(N)ncnc21)C(=O)O. The van der Waals surface area contributed by atoms with Crippen LogP contribution in [0.5, 0.6) is 0 Å². The fourth-order valence-corrected chi connectivity index (χ4v) is 2.10. The summed E-state index contributed by atoms with van der Waals surface area (Å²) in [5.41, 5.74) is 6.51. The van der Waals surface area contributed by atoms with Crippen LogP contribution < -0.4 is 11.1 Å². The van der Waals surface area contributed by atoms with Crippen molar-refractivity contribution in [1.82, 2.24) is 24.8 Å². The maximum absolute atomic E-state index is 12.0. The number of nitrogens with one attached hydrogen (secondary N) is 1. The lowest BCUT2D eigenvalue weighted by atomic mass is 10.0. The van der Waals surface area contributed by atoms with E-state index in [2.05, 4.69) is 20.3 Å². The normalized spacial score (nSPS) is 12.5. The third kappa shape index (κ3) is 3.48. The van der Waals surface area contributed by atoms with Gasteiger partial charge in [0, 0.05) is 0 Å². The van der Waals surface area contributed by atoms with Gasteiger partial charge in [-0.25, -0.2) is 19.7 Å². The highest BCUT2D eigenvalue weighted by molar-refractivity contribution is 5.86. The Kier molecular flexibility index (Phi) is 4.54. The van der Waals surface area contributed by atoms with Crippen molar-refractivity contribution in [2.24, 2.45) is 5.92 Å². The van der Waals surface area contributed by atoms with Gasteiger partial charge in [-0.3, -0.25) is 4.79 Å². The minimum Gasteiger partial charge on any atom is -0.480 e. The van der Waals surface area contributed by atoms with Crippen molar-refractivity contribution < 1.29 is 14.7 Å². The second-order valence-corrected chi connectivity index (χ2v) is 5.39. The van der Waals surface area contributed by atoms with Crippen molar-refractivity contribution in [1.29, 1.82) is 0 Å². The van der Waals surface area contributed by atoms with Crippen LogP contribution in [0.1, 0.15) is 20.3 Å². The summed E-state index contributed by atoms with van der Waals surface area (Å²) in [6, 6.07) is -0.915. The van der Waals surface area contributed by atoms with Gasteiger partial charge in [0.15, 0.2) is 11.5 Å². The zero-order valence-electron chi connectivity index (χ0n) is 12.4. The zero-order valence-corrected chi connectivity index (χ0v) is 12.4. The molecule has 0 aromatic carbocycles. The topological polar surface area (TPSA) is 136 Å². The van der Waals surface area contributed by atoms with Crippen molar-refractivity contribution in [3.63, 3.8) is 0 Å². The highest BCUT2D eigenvalue weighted by Crippen LogP contribution is 2.14. The Hall–Kier alpha value is -2.71. The summed E-state index contributed by atoms with van der Waals surface area (Å²) < 4.78 is 1.50. The van der Waals surface area contributed by atoms with E-state index in [0.29, 0.717) is 17.6 Å². The van der Waals surface area contributed by atoms with Gasteiger partial charge in [-0.05, 0) is 12.3 Å². The van der Waals surface area contributed by atoms with Crippen LogP contribution in [0, 0.1) is 5.92 Å². The Morgan fingerprint density at radius 1 is 1.36 bits per heavy atom. The van der Waals surface area contributed by atoms with Crippen LogP contribution in [-0.4, -0.2) is 42.5 Å². The number of amides is 1. The molecular weight excluding hydrogens is 288 g/mol.